The molecule has 144 valence electrons. The summed E-state index contributed by atoms with van der Waals surface area (Å²) in [7, 11) is 1.66. The van der Waals surface area contributed by atoms with E-state index in [1.807, 2.05) is 42.5 Å². The zero-order valence-electron chi connectivity index (χ0n) is 16.4. The lowest BCUT2D eigenvalue weighted by atomic mass is 9.73. The molecule has 4 heteroatoms. The van der Waals surface area contributed by atoms with Gasteiger partial charge in [0.05, 0.1) is 12.5 Å². The van der Waals surface area contributed by atoms with Gasteiger partial charge in [-0.2, -0.15) is 0 Å². The van der Waals surface area contributed by atoms with Gasteiger partial charge in [0.2, 0.25) is 5.91 Å². The first kappa shape index (κ1) is 19.4. The minimum atomic E-state index is -0.447. The van der Waals surface area contributed by atoms with Crippen LogP contribution in [0.15, 0.2) is 54.6 Å². The number of nitrogens with zero attached hydrogens (tertiary/aromatic N) is 1. The standard InChI is InChI=1S/C23H30N2O2/c1-3-25-16-7-14-23(15-17-25,20-8-5-4-6-9-20)22(26)24-18-19-10-12-21(27-2)13-11-19/h4-6,8-13H,3,7,14-18H2,1-2H3,(H,24,26). The Kier molecular flexibility index (Phi) is 6.51. The van der Waals surface area contributed by atoms with Gasteiger partial charge in [-0.3, -0.25) is 4.79 Å². The molecule has 0 radical (unpaired) electrons. The van der Waals surface area contributed by atoms with Crippen LogP contribution in [0.5, 0.6) is 5.75 Å². The Hall–Kier alpha value is -2.33. The molecular weight excluding hydrogens is 336 g/mol. The van der Waals surface area contributed by atoms with Gasteiger partial charge in [-0.15, -0.1) is 0 Å². The van der Waals surface area contributed by atoms with Gasteiger partial charge in [-0.1, -0.05) is 49.4 Å². The lowest BCUT2D eigenvalue weighted by Crippen LogP contribution is -2.45. The van der Waals surface area contributed by atoms with Gasteiger partial charge in [-0.05, 0) is 62.2 Å². The molecule has 0 aromatic heterocycles. The first-order valence-electron chi connectivity index (χ1n) is 9.87. The van der Waals surface area contributed by atoms with Crippen LogP contribution in [0.25, 0.3) is 0 Å². The molecule has 3 rings (SSSR count). The van der Waals surface area contributed by atoms with E-state index in [9.17, 15) is 4.79 Å². The first-order valence-corrected chi connectivity index (χ1v) is 9.87. The first-order chi connectivity index (χ1) is 13.2. The van der Waals surface area contributed by atoms with Crippen molar-refractivity contribution in [3.8, 4) is 5.75 Å². The van der Waals surface area contributed by atoms with E-state index in [0.29, 0.717) is 6.54 Å². The minimum Gasteiger partial charge on any atom is -0.497 e. The summed E-state index contributed by atoms with van der Waals surface area (Å²) in [5, 5.41) is 3.21. The Bertz CT molecular complexity index is 730. The third-order valence-corrected chi connectivity index (χ3v) is 5.75. The van der Waals surface area contributed by atoms with Gasteiger partial charge in [0.1, 0.15) is 5.75 Å². The van der Waals surface area contributed by atoms with Crippen LogP contribution in [-0.2, 0) is 16.8 Å². The fourth-order valence-electron chi connectivity index (χ4n) is 4.01. The lowest BCUT2D eigenvalue weighted by molar-refractivity contribution is -0.127. The molecule has 2 aromatic rings. The molecule has 1 aliphatic rings. The molecular formula is C23H30N2O2. The van der Waals surface area contributed by atoms with Crippen LogP contribution in [0.1, 0.15) is 37.3 Å². The molecule has 0 aliphatic carbocycles. The summed E-state index contributed by atoms with van der Waals surface area (Å²) in [6, 6.07) is 18.2. The zero-order valence-corrected chi connectivity index (χ0v) is 16.4. The monoisotopic (exact) mass is 366 g/mol. The number of carbonyl (C=O) groups excluding carboxylic acids is 1. The van der Waals surface area contributed by atoms with Crippen molar-refractivity contribution in [3.63, 3.8) is 0 Å². The van der Waals surface area contributed by atoms with Crippen LogP contribution in [-0.4, -0.2) is 37.6 Å². The van der Waals surface area contributed by atoms with Crippen molar-refractivity contribution in [1.82, 2.24) is 10.2 Å². The van der Waals surface area contributed by atoms with E-state index >= 15 is 0 Å². The number of likely N-dealkylation sites (tertiary alicyclic amines) is 1. The van der Waals surface area contributed by atoms with Gasteiger partial charge in [0.25, 0.3) is 0 Å². The number of nitrogens with one attached hydrogen (secondary N) is 1. The Balaban J connectivity index is 1.78. The van der Waals surface area contributed by atoms with E-state index in [2.05, 4.69) is 29.3 Å². The van der Waals surface area contributed by atoms with E-state index in [-0.39, 0.29) is 5.91 Å². The predicted octanol–water partition coefficient (Wildman–Crippen LogP) is 3.76. The Labute approximate surface area is 162 Å². The summed E-state index contributed by atoms with van der Waals surface area (Å²) in [5.41, 5.74) is 1.77. The summed E-state index contributed by atoms with van der Waals surface area (Å²) in [6.45, 7) is 5.80. The highest BCUT2D eigenvalue weighted by Gasteiger charge is 2.40. The van der Waals surface area contributed by atoms with Gasteiger partial charge >= 0.3 is 0 Å². The van der Waals surface area contributed by atoms with Gasteiger partial charge in [0.15, 0.2) is 0 Å². The minimum absolute atomic E-state index is 0.141. The molecule has 0 saturated carbocycles. The summed E-state index contributed by atoms with van der Waals surface area (Å²) in [5.74, 6) is 0.969. The molecule has 1 atom stereocenters. The van der Waals surface area contributed by atoms with Crippen molar-refractivity contribution in [2.75, 3.05) is 26.7 Å². The number of hydrogen-bond donors (Lipinski definition) is 1. The van der Waals surface area contributed by atoms with E-state index in [0.717, 1.165) is 55.8 Å². The van der Waals surface area contributed by atoms with Crippen molar-refractivity contribution < 1.29 is 9.53 Å². The van der Waals surface area contributed by atoms with Gasteiger partial charge in [-0.25, -0.2) is 0 Å². The van der Waals surface area contributed by atoms with Crippen LogP contribution >= 0.6 is 0 Å². The Morgan fingerprint density at radius 1 is 1.07 bits per heavy atom. The molecule has 0 bridgehead atoms. The van der Waals surface area contributed by atoms with Gasteiger partial charge in [0, 0.05) is 6.54 Å². The molecule has 2 aromatic carbocycles. The fraction of sp³-hybridized carbons (Fsp3) is 0.435. The van der Waals surface area contributed by atoms with Gasteiger partial charge < -0.3 is 15.0 Å². The maximum absolute atomic E-state index is 13.4. The van der Waals surface area contributed by atoms with E-state index in [1.54, 1.807) is 7.11 Å². The summed E-state index contributed by atoms with van der Waals surface area (Å²) >= 11 is 0. The van der Waals surface area contributed by atoms with E-state index in [1.165, 1.54) is 0 Å². The van der Waals surface area contributed by atoms with Crippen LogP contribution in [0.4, 0.5) is 0 Å². The number of carbonyl (C=O) groups is 1. The highest BCUT2D eigenvalue weighted by Crippen LogP contribution is 2.36. The largest absolute Gasteiger partial charge is 0.497 e. The maximum atomic E-state index is 13.4. The van der Waals surface area contributed by atoms with E-state index in [4.69, 9.17) is 4.74 Å². The van der Waals surface area contributed by atoms with Crippen LogP contribution in [0.2, 0.25) is 0 Å². The maximum Gasteiger partial charge on any atom is 0.230 e. The quantitative estimate of drug-likeness (QED) is 0.846. The average molecular weight is 367 g/mol. The molecule has 1 fully saturated rings. The molecule has 1 heterocycles. The van der Waals surface area contributed by atoms with Crippen molar-refractivity contribution in [2.45, 2.75) is 38.1 Å². The van der Waals surface area contributed by atoms with Crippen molar-refractivity contribution in [1.29, 1.82) is 0 Å². The Morgan fingerprint density at radius 3 is 2.48 bits per heavy atom. The normalized spacial score (nSPS) is 20.7. The van der Waals surface area contributed by atoms with Crippen LogP contribution in [0.3, 0.4) is 0 Å². The zero-order chi connectivity index (χ0) is 19.1. The number of methoxy groups -OCH3 is 1. The predicted molar refractivity (Wildman–Crippen MR) is 109 cm³/mol. The number of hydrogen-bond acceptors (Lipinski definition) is 3. The fourth-order valence-corrected chi connectivity index (χ4v) is 4.01. The van der Waals surface area contributed by atoms with Crippen molar-refractivity contribution in [2.24, 2.45) is 0 Å². The van der Waals surface area contributed by atoms with Crippen molar-refractivity contribution >= 4 is 5.91 Å². The highest BCUT2D eigenvalue weighted by atomic mass is 16.5. The second-order valence-electron chi connectivity index (χ2n) is 7.27. The topological polar surface area (TPSA) is 41.6 Å². The third kappa shape index (κ3) is 4.51. The summed E-state index contributed by atoms with van der Waals surface area (Å²) in [6.07, 6.45) is 2.79. The molecule has 1 saturated heterocycles. The highest BCUT2D eigenvalue weighted by molar-refractivity contribution is 5.88. The summed E-state index contributed by atoms with van der Waals surface area (Å²) in [4.78, 5) is 15.9. The molecule has 4 nitrogen and oxygen atoms in total. The van der Waals surface area contributed by atoms with Crippen LogP contribution in [0, 0.1) is 0 Å². The second-order valence-corrected chi connectivity index (χ2v) is 7.27. The summed E-state index contributed by atoms with van der Waals surface area (Å²) < 4.78 is 5.21. The third-order valence-electron chi connectivity index (χ3n) is 5.75. The molecule has 0 spiro atoms. The Morgan fingerprint density at radius 2 is 1.81 bits per heavy atom. The number of rotatable bonds is 6. The SMILES string of the molecule is CCN1CCCC(C(=O)NCc2ccc(OC)cc2)(c2ccccc2)CC1. The molecule has 1 unspecified atom stereocenters. The number of benzene rings is 2. The van der Waals surface area contributed by atoms with Crippen molar-refractivity contribution in [3.05, 3.63) is 65.7 Å². The van der Waals surface area contributed by atoms with E-state index < -0.39 is 5.41 Å². The number of amides is 1. The lowest BCUT2D eigenvalue weighted by Gasteiger charge is -2.32. The molecule has 27 heavy (non-hydrogen) atoms. The molecule has 1 aliphatic heterocycles. The average Bonchev–Trinajstić information content (AvgIpc) is 2.96. The van der Waals surface area contributed by atoms with Crippen LogP contribution < -0.4 is 10.1 Å². The second kappa shape index (κ2) is 9.05. The molecule has 1 N–H and O–H groups in total. The number of ether oxygens (including phenoxy) is 1. The molecule has 1 amide bonds. The smallest absolute Gasteiger partial charge is 0.230 e.